The standard InChI is InChI=1S/C14H25N5/c1-10-12(8-15-3)11(2)17-14(16-10)13-9-18(4)6-7-19(13)5/h13,15H,6-9H2,1-5H3. The Morgan fingerprint density at radius 2 is 1.79 bits per heavy atom. The van der Waals surface area contributed by atoms with Crippen LogP contribution in [0.15, 0.2) is 0 Å². The molecule has 1 aromatic rings. The minimum Gasteiger partial charge on any atom is -0.316 e. The van der Waals surface area contributed by atoms with Gasteiger partial charge in [-0.05, 0) is 35.0 Å². The number of rotatable bonds is 3. The zero-order chi connectivity index (χ0) is 14.0. The van der Waals surface area contributed by atoms with Crippen molar-refractivity contribution in [1.82, 2.24) is 25.1 Å². The molecule has 1 aliphatic heterocycles. The summed E-state index contributed by atoms with van der Waals surface area (Å²) in [5, 5.41) is 3.18. The molecule has 106 valence electrons. The third kappa shape index (κ3) is 3.11. The second-order valence-corrected chi connectivity index (χ2v) is 5.52. The van der Waals surface area contributed by atoms with Crippen molar-refractivity contribution in [3.63, 3.8) is 0 Å². The zero-order valence-corrected chi connectivity index (χ0v) is 12.7. The van der Waals surface area contributed by atoms with Crippen LogP contribution in [0.3, 0.4) is 0 Å². The Labute approximate surface area is 116 Å². The highest BCUT2D eigenvalue weighted by Gasteiger charge is 2.26. The third-order valence-corrected chi connectivity index (χ3v) is 3.94. The number of hydrogen-bond donors (Lipinski definition) is 1. The van der Waals surface area contributed by atoms with Crippen molar-refractivity contribution in [1.29, 1.82) is 0 Å². The first-order chi connectivity index (χ1) is 9.02. The lowest BCUT2D eigenvalue weighted by atomic mass is 10.1. The van der Waals surface area contributed by atoms with Gasteiger partial charge < -0.3 is 10.2 Å². The maximum absolute atomic E-state index is 4.74. The van der Waals surface area contributed by atoms with Gasteiger partial charge in [0.1, 0.15) is 5.82 Å². The normalized spacial score (nSPS) is 21.8. The summed E-state index contributed by atoms with van der Waals surface area (Å²) in [7, 11) is 6.28. The highest BCUT2D eigenvalue weighted by Crippen LogP contribution is 2.22. The number of aryl methyl sites for hydroxylation is 2. The SMILES string of the molecule is CNCc1c(C)nc(C2CN(C)CCN2C)nc1C. The third-order valence-electron chi connectivity index (χ3n) is 3.94. The molecule has 1 saturated heterocycles. The average Bonchev–Trinajstić information content (AvgIpc) is 2.36. The van der Waals surface area contributed by atoms with E-state index in [0.29, 0.717) is 6.04 Å². The van der Waals surface area contributed by atoms with E-state index in [1.807, 2.05) is 7.05 Å². The van der Waals surface area contributed by atoms with E-state index in [4.69, 9.17) is 9.97 Å². The molecule has 0 aliphatic carbocycles. The van der Waals surface area contributed by atoms with Gasteiger partial charge in [-0.2, -0.15) is 0 Å². The van der Waals surface area contributed by atoms with Gasteiger partial charge >= 0.3 is 0 Å². The summed E-state index contributed by atoms with van der Waals surface area (Å²) >= 11 is 0. The summed E-state index contributed by atoms with van der Waals surface area (Å²) in [5.41, 5.74) is 3.41. The van der Waals surface area contributed by atoms with Gasteiger partial charge in [0.05, 0.1) is 6.04 Å². The van der Waals surface area contributed by atoms with E-state index in [9.17, 15) is 0 Å². The Balaban J connectivity index is 2.29. The lowest BCUT2D eigenvalue weighted by Gasteiger charge is -2.36. The molecule has 5 nitrogen and oxygen atoms in total. The van der Waals surface area contributed by atoms with Crippen molar-refractivity contribution >= 4 is 0 Å². The number of hydrogen-bond acceptors (Lipinski definition) is 5. The second kappa shape index (κ2) is 5.94. The van der Waals surface area contributed by atoms with Crippen LogP contribution in [-0.2, 0) is 6.54 Å². The highest BCUT2D eigenvalue weighted by atomic mass is 15.3. The predicted octanol–water partition coefficient (Wildman–Crippen LogP) is 0.731. The van der Waals surface area contributed by atoms with Gasteiger partial charge in [0.15, 0.2) is 0 Å². The molecule has 2 rings (SSSR count). The molecule has 1 fully saturated rings. The summed E-state index contributed by atoms with van der Waals surface area (Å²) in [6.45, 7) is 8.18. The van der Waals surface area contributed by atoms with Crippen molar-refractivity contribution in [3.05, 3.63) is 22.8 Å². The quantitative estimate of drug-likeness (QED) is 0.871. The van der Waals surface area contributed by atoms with E-state index in [-0.39, 0.29) is 0 Å². The van der Waals surface area contributed by atoms with Crippen molar-refractivity contribution in [2.75, 3.05) is 40.8 Å². The van der Waals surface area contributed by atoms with Crippen LogP contribution in [0.4, 0.5) is 0 Å². The van der Waals surface area contributed by atoms with Crippen molar-refractivity contribution < 1.29 is 0 Å². The van der Waals surface area contributed by atoms with Crippen LogP contribution in [0.25, 0.3) is 0 Å². The highest BCUT2D eigenvalue weighted by molar-refractivity contribution is 5.25. The molecule has 1 aliphatic rings. The summed E-state index contributed by atoms with van der Waals surface area (Å²) in [6.07, 6.45) is 0. The minimum absolute atomic E-state index is 0.305. The van der Waals surface area contributed by atoms with E-state index in [1.165, 1.54) is 5.56 Å². The van der Waals surface area contributed by atoms with E-state index < -0.39 is 0 Å². The summed E-state index contributed by atoms with van der Waals surface area (Å²) in [5.74, 6) is 0.962. The fraction of sp³-hybridized carbons (Fsp3) is 0.714. The number of nitrogens with zero attached hydrogens (tertiary/aromatic N) is 4. The van der Waals surface area contributed by atoms with Crippen molar-refractivity contribution in [3.8, 4) is 0 Å². The topological polar surface area (TPSA) is 44.3 Å². The Bertz CT molecular complexity index is 422. The number of piperazine rings is 1. The van der Waals surface area contributed by atoms with Gasteiger partial charge in [-0.25, -0.2) is 9.97 Å². The first kappa shape index (κ1) is 14.4. The Morgan fingerprint density at radius 1 is 1.16 bits per heavy atom. The summed E-state index contributed by atoms with van der Waals surface area (Å²) in [6, 6.07) is 0.305. The lowest BCUT2D eigenvalue weighted by molar-refractivity contribution is 0.109. The molecule has 19 heavy (non-hydrogen) atoms. The first-order valence-electron chi connectivity index (χ1n) is 6.90. The first-order valence-corrected chi connectivity index (χ1v) is 6.90. The van der Waals surface area contributed by atoms with Gasteiger partial charge in [0.2, 0.25) is 0 Å². The molecule has 0 amide bonds. The molecule has 0 aromatic carbocycles. The molecule has 0 spiro atoms. The van der Waals surface area contributed by atoms with Crippen LogP contribution in [0.1, 0.15) is 28.8 Å². The number of nitrogens with one attached hydrogen (secondary N) is 1. The van der Waals surface area contributed by atoms with E-state index in [0.717, 1.165) is 43.4 Å². The predicted molar refractivity (Wildman–Crippen MR) is 77.1 cm³/mol. The Morgan fingerprint density at radius 3 is 2.37 bits per heavy atom. The summed E-state index contributed by atoms with van der Waals surface area (Å²) in [4.78, 5) is 14.2. The number of likely N-dealkylation sites (N-methyl/N-ethyl adjacent to an activating group) is 2. The van der Waals surface area contributed by atoms with Crippen LogP contribution in [0.2, 0.25) is 0 Å². The molecule has 5 heteroatoms. The van der Waals surface area contributed by atoms with Gasteiger partial charge in [-0.1, -0.05) is 0 Å². The fourth-order valence-corrected chi connectivity index (χ4v) is 2.64. The molecule has 0 bridgehead atoms. The molecule has 1 aromatic heterocycles. The minimum atomic E-state index is 0.305. The Hall–Kier alpha value is -1.04. The average molecular weight is 263 g/mol. The number of aromatic nitrogens is 2. The smallest absolute Gasteiger partial charge is 0.147 e. The molecule has 1 N–H and O–H groups in total. The largest absolute Gasteiger partial charge is 0.316 e. The van der Waals surface area contributed by atoms with Gasteiger partial charge in [-0.3, -0.25) is 4.90 Å². The lowest BCUT2D eigenvalue weighted by Crippen LogP contribution is -2.45. The molecule has 0 radical (unpaired) electrons. The van der Waals surface area contributed by atoms with E-state index in [2.05, 4.69) is 43.1 Å². The van der Waals surface area contributed by atoms with Gasteiger partial charge in [0.25, 0.3) is 0 Å². The van der Waals surface area contributed by atoms with E-state index in [1.54, 1.807) is 0 Å². The van der Waals surface area contributed by atoms with Crippen LogP contribution in [-0.4, -0.2) is 60.5 Å². The summed E-state index contributed by atoms with van der Waals surface area (Å²) < 4.78 is 0. The van der Waals surface area contributed by atoms with Crippen LogP contribution in [0.5, 0.6) is 0 Å². The van der Waals surface area contributed by atoms with E-state index >= 15 is 0 Å². The molecule has 0 saturated carbocycles. The fourth-order valence-electron chi connectivity index (χ4n) is 2.64. The van der Waals surface area contributed by atoms with Crippen LogP contribution in [0, 0.1) is 13.8 Å². The van der Waals surface area contributed by atoms with Crippen molar-refractivity contribution in [2.24, 2.45) is 0 Å². The second-order valence-electron chi connectivity index (χ2n) is 5.52. The van der Waals surface area contributed by atoms with Crippen LogP contribution < -0.4 is 5.32 Å². The maximum Gasteiger partial charge on any atom is 0.147 e. The van der Waals surface area contributed by atoms with Crippen molar-refractivity contribution in [2.45, 2.75) is 26.4 Å². The Kier molecular flexibility index (Phi) is 4.50. The van der Waals surface area contributed by atoms with Gasteiger partial charge in [-0.15, -0.1) is 0 Å². The molecular formula is C14H25N5. The zero-order valence-electron chi connectivity index (χ0n) is 12.7. The monoisotopic (exact) mass is 263 g/mol. The van der Waals surface area contributed by atoms with Gasteiger partial charge in [0, 0.05) is 43.1 Å². The molecular weight excluding hydrogens is 238 g/mol. The molecule has 1 atom stereocenters. The molecule has 1 unspecified atom stereocenters. The maximum atomic E-state index is 4.74. The van der Waals surface area contributed by atoms with Crippen LogP contribution >= 0.6 is 0 Å². The molecule has 2 heterocycles.